The van der Waals surface area contributed by atoms with Crippen molar-refractivity contribution in [2.45, 2.75) is 38.0 Å². The van der Waals surface area contributed by atoms with Gasteiger partial charge in [0.05, 0.1) is 0 Å². The highest BCUT2D eigenvalue weighted by molar-refractivity contribution is 9.51. The van der Waals surface area contributed by atoms with Crippen LogP contribution in [0.2, 0.25) is 11.6 Å². The van der Waals surface area contributed by atoms with Gasteiger partial charge in [0, 0.05) is 6.42 Å². The Hall–Kier alpha value is 0.967. The molecule has 0 aromatic carbocycles. The van der Waals surface area contributed by atoms with Gasteiger partial charge in [0.2, 0.25) is 5.31 Å². The first-order valence-corrected chi connectivity index (χ1v) is 10.4. The molecule has 0 aliphatic rings. The van der Waals surface area contributed by atoms with E-state index < -0.39 is 17.9 Å². The molecule has 0 unspecified atom stereocenters. The number of hydrogen-bond acceptors (Lipinski definition) is 0. The highest BCUT2D eigenvalue weighted by Gasteiger charge is 2.36. The molecule has 0 fully saturated rings. The van der Waals surface area contributed by atoms with E-state index >= 15 is 0 Å². The predicted octanol–water partition coefficient (Wildman–Crippen LogP) is 4.58. The summed E-state index contributed by atoms with van der Waals surface area (Å²) < 4.78 is 35.5. The molecule has 0 saturated carbocycles. The Morgan fingerprint density at radius 1 is 1.25 bits per heavy atom. The fraction of sp³-hybridized carbons (Fsp3) is 1.00. The van der Waals surface area contributed by atoms with E-state index in [9.17, 15) is 13.2 Å². The summed E-state index contributed by atoms with van der Waals surface area (Å²) in [5, 5.41) is -1.99. The number of alkyl halides is 3. The summed E-state index contributed by atoms with van der Waals surface area (Å²) in [4.78, 5) is 0. The average Bonchev–Trinajstić information content (AvgIpc) is 1.82. The second-order valence-corrected chi connectivity index (χ2v) is 17.9. The zero-order valence-corrected chi connectivity index (χ0v) is 11.1. The van der Waals surface area contributed by atoms with Gasteiger partial charge in [-0.3, -0.25) is 0 Å². The van der Waals surface area contributed by atoms with E-state index in [-0.39, 0.29) is 11.6 Å². The van der Waals surface area contributed by atoms with Crippen LogP contribution in [0.5, 0.6) is 0 Å². The van der Waals surface area contributed by atoms with Crippen molar-refractivity contribution in [3.05, 3.63) is 0 Å². The Kier molecular flexibility index (Phi) is 4.82. The standard InChI is InChI=1S/C6H11Br2F3Si/c1-5(2)12(7,8)4-3-6(9,10)11/h5H,3-4H2,1-2H3. The molecule has 0 rings (SSSR count). The van der Waals surface area contributed by atoms with Crippen LogP contribution in [-0.2, 0) is 0 Å². The molecule has 0 heterocycles. The maximum atomic E-state index is 11.8. The summed E-state index contributed by atoms with van der Waals surface area (Å²) in [6, 6.07) is 0.189. The minimum atomic E-state index is -4.03. The van der Waals surface area contributed by atoms with Crippen molar-refractivity contribution in [2.24, 2.45) is 0 Å². The fourth-order valence-corrected chi connectivity index (χ4v) is 2.98. The van der Waals surface area contributed by atoms with Gasteiger partial charge in [-0.15, -0.1) is 30.6 Å². The zero-order chi connectivity index (χ0) is 9.99. The van der Waals surface area contributed by atoms with Crippen LogP contribution in [0.4, 0.5) is 13.2 Å². The lowest BCUT2D eigenvalue weighted by molar-refractivity contribution is -0.130. The van der Waals surface area contributed by atoms with Crippen LogP contribution in [0.15, 0.2) is 0 Å². The maximum Gasteiger partial charge on any atom is 0.388 e. The molecule has 74 valence electrons. The largest absolute Gasteiger partial charge is 0.388 e. The van der Waals surface area contributed by atoms with Crippen LogP contribution in [0, 0.1) is 0 Å². The van der Waals surface area contributed by atoms with E-state index in [0.29, 0.717) is 0 Å². The van der Waals surface area contributed by atoms with Crippen LogP contribution in [0.3, 0.4) is 0 Å². The molecule has 0 nitrogen and oxygen atoms in total. The highest BCUT2D eigenvalue weighted by Crippen LogP contribution is 2.40. The van der Waals surface area contributed by atoms with Crippen molar-refractivity contribution in [3.63, 3.8) is 0 Å². The van der Waals surface area contributed by atoms with Gasteiger partial charge in [-0.1, -0.05) is 13.8 Å². The zero-order valence-electron chi connectivity index (χ0n) is 6.88. The van der Waals surface area contributed by atoms with Crippen LogP contribution in [0.1, 0.15) is 20.3 Å². The van der Waals surface area contributed by atoms with Crippen molar-refractivity contribution in [3.8, 4) is 0 Å². The summed E-state index contributed by atoms with van der Waals surface area (Å²) in [6.07, 6.45) is -4.73. The predicted molar refractivity (Wildman–Crippen MR) is 54.2 cm³/mol. The van der Waals surface area contributed by atoms with Gasteiger partial charge in [0.15, 0.2) is 0 Å². The summed E-state index contributed by atoms with van der Waals surface area (Å²) in [6.45, 7) is 3.85. The molecule has 0 spiro atoms. The second kappa shape index (κ2) is 4.46. The molecule has 0 aromatic rings. The van der Waals surface area contributed by atoms with Gasteiger partial charge in [-0.05, 0) is 11.6 Å². The Morgan fingerprint density at radius 3 is 1.92 bits per heavy atom. The minimum absolute atomic E-state index is 0.189. The normalized spacial score (nSPS) is 14.0. The molecule has 0 bridgehead atoms. The van der Waals surface area contributed by atoms with Crippen molar-refractivity contribution >= 4 is 35.9 Å². The first kappa shape index (κ1) is 13.0. The van der Waals surface area contributed by atoms with E-state index in [1.807, 2.05) is 13.8 Å². The summed E-state index contributed by atoms with van der Waals surface area (Å²) in [5.74, 6) is 0. The fourth-order valence-electron chi connectivity index (χ4n) is 0.597. The smallest absolute Gasteiger partial charge is 0.171 e. The van der Waals surface area contributed by atoms with Gasteiger partial charge in [0.1, 0.15) is 0 Å². The van der Waals surface area contributed by atoms with E-state index in [2.05, 4.69) is 30.6 Å². The third kappa shape index (κ3) is 5.58. The maximum absolute atomic E-state index is 11.8. The van der Waals surface area contributed by atoms with Crippen LogP contribution in [-0.4, -0.2) is 11.5 Å². The third-order valence-corrected chi connectivity index (χ3v) is 12.1. The lowest BCUT2D eigenvalue weighted by atomic mass is 10.5. The molecule has 0 radical (unpaired) electrons. The van der Waals surface area contributed by atoms with Crippen LogP contribution < -0.4 is 0 Å². The van der Waals surface area contributed by atoms with Crippen LogP contribution in [0.25, 0.3) is 0 Å². The Morgan fingerprint density at radius 2 is 1.67 bits per heavy atom. The summed E-state index contributed by atoms with van der Waals surface area (Å²) in [7, 11) is 0. The molecule has 6 heteroatoms. The van der Waals surface area contributed by atoms with Crippen molar-refractivity contribution < 1.29 is 13.2 Å². The van der Waals surface area contributed by atoms with Gasteiger partial charge in [-0.2, -0.15) is 13.2 Å². The molecule has 12 heavy (non-hydrogen) atoms. The first-order valence-electron chi connectivity index (χ1n) is 3.60. The lowest BCUT2D eigenvalue weighted by Crippen LogP contribution is -2.24. The summed E-state index contributed by atoms with van der Waals surface area (Å²) in [5.41, 5.74) is 0.264. The first-order chi connectivity index (χ1) is 5.15. The monoisotopic (exact) mass is 326 g/mol. The van der Waals surface area contributed by atoms with Gasteiger partial charge in [-0.25, -0.2) is 0 Å². The SMILES string of the molecule is CC(C)[Si](Br)(Br)CCC(F)(F)F. The highest BCUT2D eigenvalue weighted by atomic mass is 79.9. The average molecular weight is 328 g/mol. The Labute approximate surface area is 87.1 Å². The van der Waals surface area contributed by atoms with Gasteiger partial charge < -0.3 is 0 Å². The Balaban J connectivity index is 3.93. The van der Waals surface area contributed by atoms with Crippen LogP contribution >= 0.6 is 30.6 Å². The molecule has 0 amide bonds. The van der Waals surface area contributed by atoms with E-state index in [4.69, 9.17) is 0 Å². The lowest BCUT2D eigenvalue weighted by Gasteiger charge is -2.22. The second-order valence-electron chi connectivity index (χ2n) is 3.03. The topological polar surface area (TPSA) is 0 Å². The molecular formula is C6H11Br2F3Si. The molecular weight excluding hydrogens is 317 g/mol. The van der Waals surface area contributed by atoms with E-state index in [0.717, 1.165) is 0 Å². The molecule has 0 N–H and O–H groups in total. The van der Waals surface area contributed by atoms with E-state index in [1.54, 1.807) is 0 Å². The summed E-state index contributed by atoms with van der Waals surface area (Å²) >= 11 is 6.71. The van der Waals surface area contributed by atoms with Crippen molar-refractivity contribution in [1.29, 1.82) is 0 Å². The molecule has 0 aliphatic heterocycles. The quantitative estimate of drug-likeness (QED) is 0.525. The van der Waals surface area contributed by atoms with Gasteiger partial charge >= 0.3 is 6.18 Å². The molecule has 0 atom stereocenters. The van der Waals surface area contributed by atoms with Crippen molar-refractivity contribution in [1.82, 2.24) is 0 Å². The van der Waals surface area contributed by atoms with Crippen molar-refractivity contribution in [2.75, 3.05) is 0 Å². The van der Waals surface area contributed by atoms with Gasteiger partial charge in [0.25, 0.3) is 0 Å². The number of hydrogen-bond donors (Lipinski definition) is 0. The molecule has 0 aromatic heterocycles. The third-order valence-electron chi connectivity index (χ3n) is 1.59. The Bertz CT molecular complexity index is 144. The number of rotatable bonds is 3. The molecule has 0 aliphatic carbocycles. The minimum Gasteiger partial charge on any atom is -0.171 e. The van der Waals surface area contributed by atoms with E-state index in [1.165, 1.54) is 0 Å². The number of halogens is 5. The molecule has 0 saturated heterocycles.